The molecule has 0 aromatic carbocycles. The van der Waals surface area contributed by atoms with Crippen LogP contribution in [0.5, 0.6) is 0 Å². The average Bonchev–Trinajstić information content (AvgIpc) is 3.22. The predicted octanol–water partition coefficient (Wildman–Crippen LogP) is 7.87. The van der Waals surface area contributed by atoms with Crippen LogP contribution in [0.1, 0.15) is 132 Å². The second kappa shape index (κ2) is 10.1. The molecule has 5 rings (SSSR count). The molecule has 5 aliphatic carbocycles. The summed E-state index contributed by atoms with van der Waals surface area (Å²) >= 11 is 0. The van der Waals surface area contributed by atoms with Gasteiger partial charge in [0.25, 0.3) is 0 Å². The molecule has 0 aromatic heterocycles. The van der Waals surface area contributed by atoms with E-state index in [0.29, 0.717) is 11.8 Å². The maximum atomic E-state index is 12.6. The van der Waals surface area contributed by atoms with Crippen LogP contribution in [-0.4, -0.2) is 23.1 Å². The highest BCUT2D eigenvalue weighted by Crippen LogP contribution is 2.61. The molecule has 0 saturated heterocycles. The van der Waals surface area contributed by atoms with Gasteiger partial charge in [0.1, 0.15) is 11.2 Å². The first-order chi connectivity index (χ1) is 15.8. The Bertz CT molecular complexity index is 700. The second-order valence-corrected chi connectivity index (χ2v) is 13.5. The molecule has 0 atom stereocenters. The van der Waals surface area contributed by atoms with Crippen molar-refractivity contribution in [1.29, 1.82) is 0 Å². The molecule has 5 aliphatic rings. The molecule has 196 valence electrons. The van der Waals surface area contributed by atoms with Crippen molar-refractivity contribution in [2.45, 2.75) is 144 Å². The molecule has 0 N–H and O–H groups in total. The van der Waals surface area contributed by atoms with E-state index in [-0.39, 0.29) is 34.0 Å². The molecule has 5 fully saturated rings. The lowest BCUT2D eigenvalue weighted by molar-refractivity contribution is -0.218. The van der Waals surface area contributed by atoms with E-state index in [0.717, 1.165) is 43.9 Å². The van der Waals surface area contributed by atoms with Gasteiger partial charge in [-0.3, -0.25) is 9.59 Å². The van der Waals surface area contributed by atoms with Gasteiger partial charge < -0.3 is 9.47 Å². The van der Waals surface area contributed by atoms with Crippen LogP contribution in [0.15, 0.2) is 0 Å². The van der Waals surface area contributed by atoms with E-state index in [2.05, 4.69) is 20.8 Å². The molecule has 0 aliphatic heterocycles. The highest BCUT2D eigenvalue weighted by molar-refractivity contribution is 5.76. The van der Waals surface area contributed by atoms with E-state index in [1.165, 1.54) is 44.9 Å². The van der Waals surface area contributed by atoms with Gasteiger partial charge in [0.05, 0.1) is 10.8 Å². The lowest BCUT2D eigenvalue weighted by Gasteiger charge is -2.60. The molecule has 4 heteroatoms. The minimum Gasteiger partial charge on any atom is -0.459 e. The molecule has 0 radical (unpaired) electrons. The van der Waals surface area contributed by atoms with Crippen LogP contribution in [0, 0.1) is 34.5 Å². The third-order valence-corrected chi connectivity index (χ3v) is 10.2. The number of hydrogen-bond donors (Lipinski definition) is 0. The quantitative estimate of drug-likeness (QED) is 0.351. The highest BCUT2D eigenvalue weighted by Gasteiger charge is 2.59. The van der Waals surface area contributed by atoms with E-state index in [1.807, 2.05) is 34.6 Å². The van der Waals surface area contributed by atoms with Crippen molar-refractivity contribution in [2.24, 2.45) is 34.5 Å². The van der Waals surface area contributed by atoms with Crippen molar-refractivity contribution in [3.8, 4) is 0 Å². The second-order valence-electron chi connectivity index (χ2n) is 13.5. The lowest BCUT2D eigenvalue weighted by Crippen LogP contribution is -2.60. The van der Waals surface area contributed by atoms with E-state index in [1.54, 1.807) is 0 Å². The van der Waals surface area contributed by atoms with E-state index in [9.17, 15) is 9.59 Å². The van der Waals surface area contributed by atoms with Gasteiger partial charge in [0, 0.05) is 0 Å². The van der Waals surface area contributed by atoms with Crippen LogP contribution in [0.4, 0.5) is 0 Å². The van der Waals surface area contributed by atoms with E-state index < -0.39 is 0 Å². The maximum Gasteiger partial charge on any atom is 0.312 e. The van der Waals surface area contributed by atoms with Crippen LogP contribution in [-0.2, 0) is 19.1 Å². The lowest BCUT2D eigenvalue weighted by atomic mass is 9.49. The minimum absolute atomic E-state index is 0.0364. The smallest absolute Gasteiger partial charge is 0.312 e. The van der Waals surface area contributed by atoms with Crippen LogP contribution >= 0.6 is 0 Å². The summed E-state index contributed by atoms with van der Waals surface area (Å²) in [7, 11) is 0. The first kappa shape index (κ1) is 27.5. The number of hydrogen-bond acceptors (Lipinski definition) is 4. The van der Waals surface area contributed by atoms with Crippen molar-refractivity contribution in [2.75, 3.05) is 0 Å². The summed E-state index contributed by atoms with van der Waals surface area (Å²) in [6.45, 7) is 16.3. The normalized spacial score (nSPS) is 33.8. The van der Waals surface area contributed by atoms with Gasteiger partial charge in [-0.05, 0) is 135 Å². The molecule has 0 amide bonds. The van der Waals surface area contributed by atoms with Crippen molar-refractivity contribution < 1.29 is 19.1 Å². The Morgan fingerprint density at radius 3 is 1.53 bits per heavy atom. The largest absolute Gasteiger partial charge is 0.459 e. The summed E-state index contributed by atoms with van der Waals surface area (Å²) in [5, 5.41) is 0. The molecule has 34 heavy (non-hydrogen) atoms. The Morgan fingerprint density at radius 2 is 1.15 bits per heavy atom. The summed E-state index contributed by atoms with van der Waals surface area (Å²) in [5.74, 6) is 3.13. The third-order valence-electron chi connectivity index (χ3n) is 10.2. The van der Waals surface area contributed by atoms with Gasteiger partial charge in [-0.2, -0.15) is 0 Å². The molecule has 0 heterocycles. The van der Waals surface area contributed by atoms with Crippen LogP contribution < -0.4 is 0 Å². The van der Waals surface area contributed by atoms with Crippen molar-refractivity contribution >= 4 is 11.9 Å². The Hall–Kier alpha value is -1.06. The molecular formula is C30H52O4. The van der Waals surface area contributed by atoms with Gasteiger partial charge in [0.15, 0.2) is 0 Å². The summed E-state index contributed by atoms with van der Waals surface area (Å²) in [5.41, 5.74) is -0.969. The number of carbonyl (C=O) groups is 2. The first-order valence-corrected chi connectivity index (χ1v) is 14.3. The van der Waals surface area contributed by atoms with Crippen molar-refractivity contribution in [3.05, 3.63) is 0 Å². The Labute approximate surface area is 209 Å². The van der Waals surface area contributed by atoms with E-state index in [4.69, 9.17) is 9.47 Å². The zero-order chi connectivity index (χ0) is 25.4. The van der Waals surface area contributed by atoms with E-state index >= 15 is 0 Å². The summed E-state index contributed by atoms with van der Waals surface area (Å²) in [4.78, 5) is 24.5. The molecule has 5 saturated carbocycles. The summed E-state index contributed by atoms with van der Waals surface area (Å²) in [6, 6.07) is 0. The number of carbonyl (C=O) groups excluding carboxylic acids is 2. The fourth-order valence-electron chi connectivity index (χ4n) is 6.98. The van der Waals surface area contributed by atoms with Gasteiger partial charge >= 0.3 is 11.9 Å². The number of rotatable bonds is 7. The van der Waals surface area contributed by atoms with Crippen molar-refractivity contribution in [3.63, 3.8) is 0 Å². The zero-order valence-electron chi connectivity index (χ0n) is 23.4. The minimum atomic E-state index is -0.336. The van der Waals surface area contributed by atoms with Crippen LogP contribution in [0.3, 0.4) is 0 Å². The first-order valence-electron chi connectivity index (χ1n) is 14.3. The SMILES string of the molecule is CCC(C)(C)C(=O)OC1(C)CCCC1.CCC(C)(C)C(=O)OC1(CC)C2CC3CC(C2)CC1C3. The van der Waals surface area contributed by atoms with Crippen LogP contribution in [0.2, 0.25) is 0 Å². The van der Waals surface area contributed by atoms with Crippen LogP contribution in [0.25, 0.3) is 0 Å². The molecule has 4 nitrogen and oxygen atoms in total. The van der Waals surface area contributed by atoms with Gasteiger partial charge in [-0.25, -0.2) is 0 Å². The summed E-state index contributed by atoms with van der Waals surface area (Å²) in [6.07, 6.45) is 13.8. The monoisotopic (exact) mass is 476 g/mol. The molecule has 0 spiro atoms. The third kappa shape index (κ3) is 5.51. The van der Waals surface area contributed by atoms with Gasteiger partial charge in [-0.1, -0.05) is 20.8 Å². The summed E-state index contributed by atoms with van der Waals surface area (Å²) < 4.78 is 11.9. The molecule has 0 unspecified atom stereocenters. The average molecular weight is 477 g/mol. The Morgan fingerprint density at radius 1 is 0.735 bits per heavy atom. The Balaban J connectivity index is 0.000000204. The zero-order valence-corrected chi connectivity index (χ0v) is 23.4. The molecule has 0 aromatic rings. The fraction of sp³-hybridized carbons (Fsp3) is 0.933. The highest BCUT2D eigenvalue weighted by atomic mass is 16.6. The molecule has 4 bridgehead atoms. The maximum absolute atomic E-state index is 12.6. The predicted molar refractivity (Wildman–Crippen MR) is 137 cm³/mol. The fourth-order valence-corrected chi connectivity index (χ4v) is 6.98. The Kier molecular flexibility index (Phi) is 8.20. The molecular weight excluding hydrogens is 424 g/mol. The number of esters is 2. The topological polar surface area (TPSA) is 52.6 Å². The number of ether oxygens (including phenoxy) is 2. The standard InChI is InChI=1S/C18H30O2.C12H22O2/c1-5-17(3,4)16(19)20-18(6-2)14-8-12-7-13(10-14)11-15(18)9-12;1-5-11(2,3)10(13)14-12(4)8-6-7-9-12/h12-15H,5-11H2,1-4H3;5-9H2,1-4H3. The van der Waals surface area contributed by atoms with Crippen molar-refractivity contribution in [1.82, 2.24) is 0 Å². The van der Waals surface area contributed by atoms with Gasteiger partial charge in [-0.15, -0.1) is 0 Å². The van der Waals surface area contributed by atoms with Gasteiger partial charge in [0.2, 0.25) is 0 Å².